The number of aromatic nitrogens is 1. The standard InChI is InChI=1S/C21H19N3O2/c1-26-15-7-9-20-17(11-15)16-10-13(6-8-19(16)23-20)21(25)24-18-5-3-2-4-14(18)12-22/h2-5,7,9,11,13,23H,6,8,10H2,1H3,(H,24,25). The molecule has 1 aliphatic carbocycles. The molecule has 26 heavy (non-hydrogen) atoms. The molecular formula is C21H19N3O2. The van der Waals surface area contributed by atoms with Crippen LogP contribution in [0.4, 0.5) is 5.69 Å². The van der Waals surface area contributed by atoms with Crippen LogP contribution >= 0.6 is 0 Å². The third kappa shape index (κ3) is 2.80. The van der Waals surface area contributed by atoms with Crippen LogP contribution in [-0.4, -0.2) is 18.0 Å². The molecule has 5 nitrogen and oxygen atoms in total. The van der Waals surface area contributed by atoms with Crippen LogP contribution in [0.2, 0.25) is 0 Å². The van der Waals surface area contributed by atoms with Gasteiger partial charge in [-0.2, -0.15) is 5.26 Å². The van der Waals surface area contributed by atoms with Crippen LogP contribution in [-0.2, 0) is 17.6 Å². The maximum Gasteiger partial charge on any atom is 0.227 e. The summed E-state index contributed by atoms with van der Waals surface area (Å²) >= 11 is 0. The Morgan fingerprint density at radius 1 is 1.31 bits per heavy atom. The molecule has 1 unspecified atom stereocenters. The van der Waals surface area contributed by atoms with Gasteiger partial charge in [-0.1, -0.05) is 12.1 Å². The van der Waals surface area contributed by atoms with E-state index in [2.05, 4.69) is 16.4 Å². The third-order valence-corrected chi connectivity index (χ3v) is 5.07. The first-order chi connectivity index (χ1) is 12.7. The average molecular weight is 345 g/mol. The molecule has 0 saturated carbocycles. The maximum absolute atomic E-state index is 12.8. The van der Waals surface area contributed by atoms with E-state index in [1.165, 1.54) is 11.3 Å². The highest BCUT2D eigenvalue weighted by Gasteiger charge is 2.28. The zero-order valence-corrected chi connectivity index (χ0v) is 14.5. The number of H-pyrrole nitrogens is 1. The summed E-state index contributed by atoms with van der Waals surface area (Å²) in [5, 5.41) is 13.2. The summed E-state index contributed by atoms with van der Waals surface area (Å²) in [6.45, 7) is 0. The molecule has 1 heterocycles. The van der Waals surface area contributed by atoms with Crippen LogP contribution in [0, 0.1) is 17.2 Å². The quantitative estimate of drug-likeness (QED) is 0.758. The van der Waals surface area contributed by atoms with Gasteiger partial charge in [-0.25, -0.2) is 0 Å². The molecule has 3 aromatic rings. The second-order valence-corrected chi connectivity index (χ2v) is 6.58. The summed E-state index contributed by atoms with van der Waals surface area (Å²) < 4.78 is 5.34. The summed E-state index contributed by atoms with van der Waals surface area (Å²) in [4.78, 5) is 16.2. The first kappa shape index (κ1) is 16.2. The van der Waals surface area contributed by atoms with Crippen molar-refractivity contribution >= 4 is 22.5 Å². The van der Waals surface area contributed by atoms with Crippen LogP contribution in [0.25, 0.3) is 10.9 Å². The number of carbonyl (C=O) groups excluding carboxylic acids is 1. The molecule has 2 aromatic carbocycles. The molecule has 4 rings (SSSR count). The van der Waals surface area contributed by atoms with Gasteiger partial charge in [0, 0.05) is 22.5 Å². The van der Waals surface area contributed by atoms with Crippen LogP contribution in [0.1, 0.15) is 23.2 Å². The minimum Gasteiger partial charge on any atom is -0.497 e. The van der Waals surface area contributed by atoms with Crippen molar-refractivity contribution in [3.8, 4) is 11.8 Å². The summed E-state index contributed by atoms with van der Waals surface area (Å²) in [6.07, 6.45) is 2.31. The Labute approximate surface area is 151 Å². The zero-order valence-electron chi connectivity index (χ0n) is 14.5. The monoisotopic (exact) mass is 345 g/mol. The van der Waals surface area contributed by atoms with Crippen molar-refractivity contribution in [2.45, 2.75) is 19.3 Å². The van der Waals surface area contributed by atoms with Gasteiger partial charge in [-0.3, -0.25) is 4.79 Å². The number of nitrogens with one attached hydrogen (secondary N) is 2. The van der Waals surface area contributed by atoms with E-state index in [4.69, 9.17) is 4.74 Å². The Morgan fingerprint density at radius 2 is 2.15 bits per heavy atom. The molecule has 1 amide bonds. The highest BCUT2D eigenvalue weighted by Crippen LogP contribution is 2.34. The fourth-order valence-corrected chi connectivity index (χ4v) is 3.67. The molecule has 1 atom stereocenters. The van der Waals surface area contributed by atoms with Crippen molar-refractivity contribution in [2.75, 3.05) is 12.4 Å². The minimum atomic E-state index is -0.112. The van der Waals surface area contributed by atoms with Gasteiger partial charge in [0.1, 0.15) is 11.8 Å². The van der Waals surface area contributed by atoms with Gasteiger partial charge in [-0.15, -0.1) is 0 Å². The lowest BCUT2D eigenvalue weighted by atomic mass is 9.85. The highest BCUT2D eigenvalue weighted by atomic mass is 16.5. The van der Waals surface area contributed by atoms with Crippen molar-refractivity contribution in [2.24, 2.45) is 5.92 Å². The predicted octanol–water partition coefficient (Wildman–Crippen LogP) is 3.79. The Balaban J connectivity index is 1.59. The maximum atomic E-state index is 12.8. The molecule has 130 valence electrons. The SMILES string of the molecule is COc1ccc2[nH]c3c(c2c1)CC(C(=O)Nc1ccccc1C#N)CC3. The summed E-state index contributed by atoms with van der Waals surface area (Å²) in [5.41, 5.74) is 4.53. The van der Waals surface area contributed by atoms with Gasteiger partial charge < -0.3 is 15.0 Å². The van der Waals surface area contributed by atoms with Crippen molar-refractivity contribution in [3.05, 3.63) is 59.3 Å². The number of rotatable bonds is 3. The van der Waals surface area contributed by atoms with Crippen LogP contribution < -0.4 is 10.1 Å². The number of carbonyl (C=O) groups is 1. The molecule has 1 aliphatic rings. The summed E-state index contributed by atoms with van der Waals surface area (Å²) in [5.74, 6) is 0.670. The number of amides is 1. The lowest BCUT2D eigenvalue weighted by molar-refractivity contribution is -0.120. The van der Waals surface area contributed by atoms with E-state index < -0.39 is 0 Å². The van der Waals surface area contributed by atoms with Crippen molar-refractivity contribution in [3.63, 3.8) is 0 Å². The Bertz CT molecular complexity index is 1030. The number of methoxy groups -OCH3 is 1. The largest absolute Gasteiger partial charge is 0.497 e. The van der Waals surface area contributed by atoms with Crippen molar-refractivity contribution in [1.82, 2.24) is 4.98 Å². The molecule has 1 aromatic heterocycles. The van der Waals surface area contributed by atoms with E-state index in [0.29, 0.717) is 17.7 Å². The predicted molar refractivity (Wildman–Crippen MR) is 100 cm³/mol. The Kier molecular flexibility index (Phi) is 4.10. The number of nitrogens with zero attached hydrogens (tertiary/aromatic N) is 1. The molecule has 0 bridgehead atoms. The molecule has 5 heteroatoms. The minimum absolute atomic E-state index is 0.0319. The molecule has 2 N–H and O–H groups in total. The number of hydrogen-bond acceptors (Lipinski definition) is 3. The molecule has 0 spiro atoms. The normalized spacial score (nSPS) is 15.9. The summed E-state index contributed by atoms with van der Waals surface area (Å²) in [6, 6.07) is 15.2. The van der Waals surface area contributed by atoms with Crippen LogP contribution in [0.15, 0.2) is 42.5 Å². The van der Waals surface area contributed by atoms with Gasteiger partial charge in [0.2, 0.25) is 5.91 Å². The number of para-hydroxylation sites is 1. The van der Waals surface area contributed by atoms with Gasteiger partial charge in [-0.05, 0) is 55.2 Å². The van der Waals surface area contributed by atoms with E-state index in [1.807, 2.05) is 24.3 Å². The zero-order chi connectivity index (χ0) is 18.1. The molecule has 0 saturated heterocycles. The van der Waals surface area contributed by atoms with E-state index in [1.54, 1.807) is 25.3 Å². The highest BCUT2D eigenvalue weighted by molar-refractivity contribution is 5.95. The summed E-state index contributed by atoms with van der Waals surface area (Å²) in [7, 11) is 1.66. The number of aryl methyl sites for hydroxylation is 1. The number of aromatic amines is 1. The van der Waals surface area contributed by atoms with Crippen molar-refractivity contribution < 1.29 is 9.53 Å². The number of fused-ring (bicyclic) bond motifs is 3. The number of benzene rings is 2. The average Bonchev–Trinajstić information content (AvgIpc) is 3.05. The number of anilines is 1. The molecular weight excluding hydrogens is 326 g/mol. The molecule has 0 fully saturated rings. The lowest BCUT2D eigenvalue weighted by Crippen LogP contribution is -2.28. The number of hydrogen-bond donors (Lipinski definition) is 2. The third-order valence-electron chi connectivity index (χ3n) is 5.07. The smallest absolute Gasteiger partial charge is 0.227 e. The van der Waals surface area contributed by atoms with Gasteiger partial charge in [0.05, 0.1) is 18.4 Å². The first-order valence-electron chi connectivity index (χ1n) is 8.67. The van der Waals surface area contributed by atoms with Gasteiger partial charge in [0.25, 0.3) is 0 Å². The van der Waals surface area contributed by atoms with Gasteiger partial charge in [0.15, 0.2) is 0 Å². The van der Waals surface area contributed by atoms with E-state index >= 15 is 0 Å². The van der Waals surface area contributed by atoms with Gasteiger partial charge >= 0.3 is 0 Å². The van der Waals surface area contributed by atoms with Crippen LogP contribution in [0.3, 0.4) is 0 Å². The Hall–Kier alpha value is -3.26. The van der Waals surface area contributed by atoms with E-state index in [9.17, 15) is 10.1 Å². The fraction of sp³-hybridized carbons (Fsp3) is 0.238. The number of nitriles is 1. The fourth-order valence-electron chi connectivity index (χ4n) is 3.67. The second kappa shape index (κ2) is 6.57. The first-order valence-corrected chi connectivity index (χ1v) is 8.67. The van der Waals surface area contributed by atoms with E-state index in [0.717, 1.165) is 29.5 Å². The topological polar surface area (TPSA) is 77.9 Å². The van der Waals surface area contributed by atoms with E-state index in [-0.39, 0.29) is 11.8 Å². The second-order valence-electron chi connectivity index (χ2n) is 6.58. The molecule has 0 aliphatic heterocycles. The molecule has 0 radical (unpaired) electrons. The Morgan fingerprint density at radius 3 is 2.96 bits per heavy atom. The van der Waals surface area contributed by atoms with Crippen molar-refractivity contribution in [1.29, 1.82) is 5.26 Å². The lowest BCUT2D eigenvalue weighted by Gasteiger charge is -2.22. The van der Waals surface area contributed by atoms with Crippen LogP contribution in [0.5, 0.6) is 5.75 Å². The number of ether oxygens (including phenoxy) is 1.